The summed E-state index contributed by atoms with van der Waals surface area (Å²) in [5, 5.41) is 9.56. The lowest BCUT2D eigenvalue weighted by Crippen LogP contribution is -2.15. The number of carboxylic acid groups (broad SMARTS) is 1. The minimum atomic E-state index is -1.13. The number of fused-ring (bicyclic) bond motifs is 1. The molecule has 0 aliphatic carbocycles. The van der Waals surface area contributed by atoms with Crippen LogP contribution in [-0.2, 0) is 17.8 Å². The zero-order valence-corrected chi connectivity index (χ0v) is 16.2. The molecule has 0 radical (unpaired) electrons. The van der Waals surface area contributed by atoms with Gasteiger partial charge in [0.05, 0.1) is 17.4 Å². The highest BCUT2D eigenvalue weighted by molar-refractivity contribution is 9.10. The molecule has 7 heteroatoms. The summed E-state index contributed by atoms with van der Waals surface area (Å²) >= 11 is 3.21. The van der Waals surface area contributed by atoms with E-state index < -0.39 is 23.8 Å². The summed E-state index contributed by atoms with van der Waals surface area (Å²) < 4.78 is 25.8. The predicted molar refractivity (Wildman–Crippen MR) is 102 cm³/mol. The van der Waals surface area contributed by atoms with Gasteiger partial charge in [0, 0.05) is 10.0 Å². The summed E-state index contributed by atoms with van der Waals surface area (Å²) in [4.78, 5) is 23.2. The highest BCUT2D eigenvalue weighted by Gasteiger charge is 2.18. The Kier molecular flexibility index (Phi) is 5.32. The van der Waals surface area contributed by atoms with Crippen LogP contribution in [0.1, 0.15) is 22.3 Å². The van der Waals surface area contributed by atoms with Crippen LogP contribution in [0, 0.1) is 19.7 Å². The SMILES string of the molecule is Cc1cc(OCc2ccc(Br)cc2F)c2c(C)c(CC(=O)O)c(=O)oc2c1. The van der Waals surface area contributed by atoms with Gasteiger partial charge < -0.3 is 14.3 Å². The van der Waals surface area contributed by atoms with Crippen molar-refractivity contribution >= 4 is 32.9 Å². The first-order valence-corrected chi connectivity index (χ1v) is 8.91. The fraction of sp³-hybridized carbons (Fsp3) is 0.200. The lowest BCUT2D eigenvalue weighted by molar-refractivity contribution is -0.136. The number of aliphatic carboxylic acids is 1. The van der Waals surface area contributed by atoms with Crippen LogP contribution in [-0.4, -0.2) is 11.1 Å². The van der Waals surface area contributed by atoms with Crippen LogP contribution in [0.4, 0.5) is 4.39 Å². The molecular formula is C20H16BrFO5. The number of rotatable bonds is 5. The van der Waals surface area contributed by atoms with Gasteiger partial charge in [-0.25, -0.2) is 9.18 Å². The van der Waals surface area contributed by atoms with Gasteiger partial charge in [-0.05, 0) is 49.2 Å². The molecule has 5 nitrogen and oxygen atoms in total. The van der Waals surface area contributed by atoms with E-state index >= 15 is 0 Å². The molecule has 1 heterocycles. The van der Waals surface area contributed by atoms with Crippen LogP contribution < -0.4 is 10.4 Å². The van der Waals surface area contributed by atoms with Crippen molar-refractivity contribution in [2.75, 3.05) is 0 Å². The van der Waals surface area contributed by atoms with Gasteiger partial charge >= 0.3 is 11.6 Å². The average molecular weight is 435 g/mol. The smallest absolute Gasteiger partial charge is 0.340 e. The lowest BCUT2D eigenvalue weighted by Gasteiger charge is -2.14. The van der Waals surface area contributed by atoms with Gasteiger partial charge in [0.15, 0.2) is 0 Å². The van der Waals surface area contributed by atoms with Gasteiger partial charge in [0.25, 0.3) is 0 Å². The third-order valence-electron chi connectivity index (χ3n) is 4.21. The third-order valence-corrected chi connectivity index (χ3v) is 4.71. The number of benzene rings is 2. The van der Waals surface area contributed by atoms with Crippen LogP contribution in [0.15, 0.2) is 44.0 Å². The van der Waals surface area contributed by atoms with E-state index in [-0.39, 0.29) is 12.2 Å². The average Bonchev–Trinajstić information content (AvgIpc) is 2.57. The number of carbonyl (C=O) groups is 1. The molecule has 1 N–H and O–H groups in total. The van der Waals surface area contributed by atoms with Gasteiger partial charge in [-0.2, -0.15) is 0 Å². The van der Waals surface area contributed by atoms with E-state index in [9.17, 15) is 14.0 Å². The van der Waals surface area contributed by atoms with Crippen molar-refractivity contribution in [3.05, 3.63) is 73.3 Å². The Bertz CT molecular complexity index is 1100. The van der Waals surface area contributed by atoms with E-state index in [0.717, 1.165) is 5.56 Å². The maximum absolute atomic E-state index is 14.1. The van der Waals surface area contributed by atoms with Crippen molar-refractivity contribution in [1.82, 2.24) is 0 Å². The summed E-state index contributed by atoms with van der Waals surface area (Å²) in [5.74, 6) is -1.13. The van der Waals surface area contributed by atoms with Crippen molar-refractivity contribution in [3.63, 3.8) is 0 Å². The van der Waals surface area contributed by atoms with Crippen LogP contribution in [0.25, 0.3) is 11.0 Å². The molecule has 0 saturated carbocycles. The molecule has 140 valence electrons. The molecule has 3 rings (SSSR count). The van der Waals surface area contributed by atoms with Crippen molar-refractivity contribution in [3.8, 4) is 5.75 Å². The Balaban J connectivity index is 2.08. The topological polar surface area (TPSA) is 76.7 Å². The molecule has 0 aliphatic heterocycles. The lowest BCUT2D eigenvalue weighted by atomic mass is 10.0. The van der Waals surface area contributed by atoms with Crippen LogP contribution in [0.3, 0.4) is 0 Å². The first-order valence-electron chi connectivity index (χ1n) is 8.11. The molecule has 0 aliphatic rings. The monoisotopic (exact) mass is 434 g/mol. The number of halogens is 2. The van der Waals surface area contributed by atoms with Crippen molar-refractivity contribution in [2.24, 2.45) is 0 Å². The van der Waals surface area contributed by atoms with Crippen molar-refractivity contribution in [1.29, 1.82) is 0 Å². The van der Waals surface area contributed by atoms with Crippen LogP contribution in [0.5, 0.6) is 5.75 Å². The second-order valence-corrected chi connectivity index (χ2v) is 7.14. The minimum Gasteiger partial charge on any atom is -0.488 e. The van der Waals surface area contributed by atoms with E-state index in [1.165, 1.54) is 6.07 Å². The molecule has 0 unspecified atom stereocenters. The molecule has 2 aromatic carbocycles. The van der Waals surface area contributed by atoms with Gasteiger partial charge in [-0.15, -0.1) is 0 Å². The van der Waals surface area contributed by atoms with E-state index in [4.69, 9.17) is 14.3 Å². The fourth-order valence-corrected chi connectivity index (χ4v) is 3.23. The van der Waals surface area contributed by atoms with Crippen molar-refractivity contribution in [2.45, 2.75) is 26.9 Å². The molecule has 3 aromatic rings. The third kappa shape index (κ3) is 4.03. The Labute approximate surface area is 162 Å². The summed E-state index contributed by atoms with van der Waals surface area (Å²) in [5.41, 5.74) is 1.33. The highest BCUT2D eigenvalue weighted by atomic mass is 79.9. The molecule has 0 atom stereocenters. The number of hydrogen-bond donors (Lipinski definition) is 1. The summed E-state index contributed by atoms with van der Waals surface area (Å²) in [6.45, 7) is 3.44. The van der Waals surface area contributed by atoms with Crippen molar-refractivity contribution < 1.29 is 23.4 Å². The summed E-state index contributed by atoms with van der Waals surface area (Å²) in [6.07, 6.45) is -0.446. The zero-order valence-electron chi connectivity index (χ0n) is 14.6. The van der Waals surface area contributed by atoms with E-state index in [1.807, 2.05) is 6.92 Å². The Morgan fingerprint density at radius 2 is 2.00 bits per heavy atom. The summed E-state index contributed by atoms with van der Waals surface area (Å²) in [7, 11) is 0. The quantitative estimate of drug-likeness (QED) is 0.597. The molecule has 0 bridgehead atoms. The minimum absolute atomic E-state index is 0.0233. The molecular weight excluding hydrogens is 419 g/mol. The maximum atomic E-state index is 14.1. The molecule has 0 saturated heterocycles. The Morgan fingerprint density at radius 1 is 1.26 bits per heavy atom. The van der Waals surface area contributed by atoms with Crippen LogP contribution >= 0.6 is 15.9 Å². The number of ether oxygens (including phenoxy) is 1. The first-order chi connectivity index (χ1) is 12.8. The highest BCUT2D eigenvalue weighted by Crippen LogP contribution is 2.32. The molecule has 0 amide bonds. The molecule has 27 heavy (non-hydrogen) atoms. The number of aryl methyl sites for hydroxylation is 2. The maximum Gasteiger partial charge on any atom is 0.340 e. The number of carboxylic acids is 1. The standard InChI is InChI=1S/C20H16BrFO5/c1-10-5-16(26-9-12-3-4-13(21)7-15(12)22)19-11(2)14(8-18(23)24)20(25)27-17(19)6-10/h3-7H,8-9H2,1-2H3,(H,23,24). The van der Waals surface area contributed by atoms with E-state index in [2.05, 4.69) is 15.9 Å². The summed E-state index contributed by atoms with van der Waals surface area (Å²) in [6, 6.07) is 8.10. The normalized spacial score (nSPS) is 11.0. The second-order valence-electron chi connectivity index (χ2n) is 6.22. The van der Waals surface area contributed by atoms with Gasteiger partial charge in [0.2, 0.25) is 0 Å². The number of hydrogen-bond acceptors (Lipinski definition) is 4. The van der Waals surface area contributed by atoms with Gasteiger partial charge in [0.1, 0.15) is 23.8 Å². The van der Waals surface area contributed by atoms with E-state index in [0.29, 0.717) is 32.3 Å². The van der Waals surface area contributed by atoms with E-state index in [1.54, 1.807) is 31.2 Å². The fourth-order valence-electron chi connectivity index (χ4n) is 2.90. The molecule has 0 fully saturated rings. The van der Waals surface area contributed by atoms with Gasteiger partial charge in [-0.1, -0.05) is 22.0 Å². The largest absolute Gasteiger partial charge is 0.488 e. The van der Waals surface area contributed by atoms with Gasteiger partial charge in [-0.3, -0.25) is 4.79 Å². The zero-order chi connectivity index (χ0) is 19.7. The molecule has 1 aromatic heterocycles. The predicted octanol–water partition coefficient (Wildman–Crippen LogP) is 4.52. The Morgan fingerprint density at radius 3 is 2.67 bits per heavy atom. The molecule has 0 spiro atoms. The second kappa shape index (κ2) is 7.52. The Hall–Kier alpha value is -2.67. The first kappa shape index (κ1) is 19.1. The van der Waals surface area contributed by atoms with Crippen LogP contribution in [0.2, 0.25) is 0 Å².